The van der Waals surface area contributed by atoms with Crippen molar-refractivity contribution < 1.29 is 4.74 Å². The van der Waals surface area contributed by atoms with Crippen LogP contribution in [-0.4, -0.2) is 13.7 Å². The molecule has 0 amide bonds. The first-order valence-corrected chi connectivity index (χ1v) is 5.21. The molecule has 1 aromatic rings. The highest BCUT2D eigenvalue weighted by Gasteiger charge is 1.99. The average Bonchev–Trinajstić information content (AvgIpc) is 2.25. The molecule has 0 heterocycles. The number of hydrogen-bond acceptors (Lipinski definition) is 2. The standard InChI is InChI=1S/C12H19NO.ClH/c1-3-4-9-13-10-11-7-5-6-8-12(11)14-2;/h5-8,13H,3-4,9-10H2,1-2H3;1H. The molecule has 0 unspecified atom stereocenters. The van der Waals surface area contributed by atoms with E-state index in [0.29, 0.717) is 0 Å². The maximum Gasteiger partial charge on any atom is 0.123 e. The Morgan fingerprint density at radius 2 is 2.00 bits per heavy atom. The van der Waals surface area contributed by atoms with Gasteiger partial charge in [0.1, 0.15) is 5.75 Å². The molecule has 0 saturated carbocycles. The fourth-order valence-electron chi connectivity index (χ4n) is 1.37. The monoisotopic (exact) mass is 229 g/mol. The molecule has 0 spiro atoms. The van der Waals surface area contributed by atoms with Crippen LogP contribution in [0.25, 0.3) is 0 Å². The number of hydrogen-bond donors (Lipinski definition) is 1. The summed E-state index contributed by atoms with van der Waals surface area (Å²) in [6.07, 6.45) is 2.47. The first-order chi connectivity index (χ1) is 6.88. The molecule has 0 bridgehead atoms. The molecule has 0 saturated heterocycles. The van der Waals surface area contributed by atoms with Crippen LogP contribution < -0.4 is 10.1 Å². The number of benzene rings is 1. The van der Waals surface area contributed by atoms with E-state index in [1.165, 1.54) is 18.4 Å². The van der Waals surface area contributed by atoms with E-state index in [0.717, 1.165) is 18.8 Å². The summed E-state index contributed by atoms with van der Waals surface area (Å²) in [5.41, 5.74) is 1.23. The predicted molar refractivity (Wildman–Crippen MR) is 66.9 cm³/mol. The Morgan fingerprint density at radius 1 is 1.27 bits per heavy atom. The van der Waals surface area contributed by atoms with Crippen LogP contribution in [0.2, 0.25) is 0 Å². The summed E-state index contributed by atoms with van der Waals surface area (Å²) < 4.78 is 5.26. The van der Waals surface area contributed by atoms with Gasteiger partial charge in [-0.1, -0.05) is 31.5 Å². The molecule has 15 heavy (non-hydrogen) atoms. The Bertz CT molecular complexity index is 266. The van der Waals surface area contributed by atoms with Gasteiger partial charge in [0.15, 0.2) is 0 Å². The van der Waals surface area contributed by atoms with Gasteiger partial charge in [0.25, 0.3) is 0 Å². The van der Waals surface area contributed by atoms with Gasteiger partial charge in [-0.15, -0.1) is 12.4 Å². The molecular weight excluding hydrogens is 210 g/mol. The molecule has 0 fully saturated rings. The highest BCUT2D eigenvalue weighted by molar-refractivity contribution is 5.85. The Balaban J connectivity index is 0.00000196. The van der Waals surface area contributed by atoms with E-state index in [4.69, 9.17) is 4.74 Å². The second-order valence-corrected chi connectivity index (χ2v) is 3.34. The summed E-state index contributed by atoms with van der Waals surface area (Å²) in [5, 5.41) is 3.40. The van der Waals surface area contributed by atoms with Crippen molar-refractivity contribution in [1.82, 2.24) is 5.32 Å². The first kappa shape index (κ1) is 14.3. The molecule has 1 aromatic carbocycles. The topological polar surface area (TPSA) is 21.3 Å². The van der Waals surface area contributed by atoms with E-state index in [9.17, 15) is 0 Å². The number of rotatable bonds is 6. The lowest BCUT2D eigenvalue weighted by Crippen LogP contribution is -2.14. The van der Waals surface area contributed by atoms with Crippen molar-refractivity contribution in [2.24, 2.45) is 0 Å². The molecule has 86 valence electrons. The summed E-state index contributed by atoms with van der Waals surface area (Å²) >= 11 is 0. The van der Waals surface area contributed by atoms with Gasteiger partial charge >= 0.3 is 0 Å². The van der Waals surface area contributed by atoms with Gasteiger partial charge in [0.05, 0.1) is 7.11 Å². The van der Waals surface area contributed by atoms with Crippen LogP contribution in [0.15, 0.2) is 24.3 Å². The lowest BCUT2D eigenvalue weighted by Gasteiger charge is -2.08. The fraction of sp³-hybridized carbons (Fsp3) is 0.500. The minimum atomic E-state index is 0. The molecule has 0 radical (unpaired) electrons. The van der Waals surface area contributed by atoms with Crippen LogP contribution in [0.4, 0.5) is 0 Å². The quantitative estimate of drug-likeness (QED) is 0.758. The molecular formula is C12H20ClNO. The molecule has 0 atom stereocenters. The van der Waals surface area contributed by atoms with Gasteiger partial charge in [-0.3, -0.25) is 0 Å². The summed E-state index contributed by atoms with van der Waals surface area (Å²) in [7, 11) is 1.71. The van der Waals surface area contributed by atoms with E-state index in [-0.39, 0.29) is 12.4 Å². The van der Waals surface area contributed by atoms with Crippen molar-refractivity contribution >= 4 is 12.4 Å². The third kappa shape index (κ3) is 5.05. The Kier molecular flexibility index (Phi) is 8.15. The lowest BCUT2D eigenvalue weighted by atomic mass is 10.2. The van der Waals surface area contributed by atoms with Gasteiger partial charge in [-0.05, 0) is 19.0 Å². The second kappa shape index (κ2) is 8.57. The SMILES string of the molecule is CCCCNCc1ccccc1OC.Cl. The molecule has 0 aliphatic heterocycles. The van der Waals surface area contributed by atoms with Crippen LogP contribution in [0.5, 0.6) is 5.75 Å². The number of halogens is 1. The highest BCUT2D eigenvalue weighted by atomic mass is 35.5. The van der Waals surface area contributed by atoms with Crippen molar-refractivity contribution in [1.29, 1.82) is 0 Å². The molecule has 0 aliphatic rings. The van der Waals surface area contributed by atoms with Crippen LogP contribution in [0.3, 0.4) is 0 Å². The van der Waals surface area contributed by atoms with Gasteiger partial charge in [0, 0.05) is 12.1 Å². The largest absolute Gasteiger partial charge is 0.496 e. The second-order valence-electron chi connectivity index (χ2n) is 3.34. The zero-order valence-corrected chi connectivity index (χ0v) is 10.3. The van der Waals surface area contributed by atoms with Crippen molar-refractivity contribution in [3.63, 3.8) is 0 Å². The van der Waals surface area contributed by atoms with E-state index >= 15 is 0 Å². The van der Waals surface area contributed by atoms with Crippen LogP contribution in [-0.2, 0) is 6.54 Å². The van der Waals surface area contributed by atoms with E-state index < -0.39 is 0 Å². The van der Waals surface area contributed by atoms with Gasteiger partial charge in [-0.25, -0.2) is 0 Å². The lowest BCUT2D eigenvalue weighted by molar-refractivity contribution is 0.407. The highest BCUT2D eigenvalue weighted by Crippen LogP contribution is 2.16. The normalized spacial score (nSPS) is 9.47. The number of unbranched alkanes of at least 4 members (excludes halogenated alkanes) is 1. The number of ether oxygens (including phenoxy) is 1. The van der Waals surface area contributed by atoms with Crippen LogP contribution in [0.1, 0.15) is 25.3 Å². The fourth-order valence-corrected chi connectivity index (χ4v) is 1.37. The first-order valence-electron chi connectivity index (χ1n) is 5.21. The van der Waals surface area contributed by atoms with Crippen LogP contribution >= 0.6 is 12.4 Å². The molecule has 3 heteroatoms. The van der Waals surface area contributed by atoms with E-state index in [2.05, 4.69) is 18.3 Å². The maximum atomic E-state index is 5.26. The maximum absolute atomic E-state index is 5.26. The van der Waals surface area contributed by atoms with Crippen molar-refractivity contribution in [2.75, 3.05) is 13.7 Å². The molecule has 2 nitrogen and oxygen atoms in total. The number of nitrogens with one attached hydrogen (secondary N) is 1. The molecule has 1 N–H and O–H groups in total. The molecule has 0 aliphatic carbocycles. The smallest absolute Gasteiger partial charge is 0.123 e. The Morgan fingerprint density at radius 3 is 2.67 bits per heavy atom. The zero-order chi connectivity index (χ0) is 10.2. The summed E-state index contributed by atoms with van der Waals surface area (Å²) in [5.74, 6) is 0.969. The van der Waals surface area contributed by atoms with Gasteiger partial charge in [-0.2, -0.15) is 0 Å². The average molecular weight is 230 g/mol. The molecule has 1 rings (SSSR count). The predicted octanol–water partition coefficient (Wildman–Crippen LogP) is 3.01. The van der Waals surface area contributed by atoms with Crippen LogP contribution in [0, 0.1) is 0 Å². The van der Waals surface area contributed by atoms with Gasteiger partial charge in [0.2, 0.25) is 0 Å². The van der Waals surface area contributed by atoms with Gasteiger partial charge < -0.3 is 10.1 Å². The zero-order valence-electron chi connectivity index (χ0n) is 9.45. The Labute approximate surface area is 98.4 Å². The number of methoxy groups -OCH3 is 1. The minimum absolute atomic E-state index is 0. The van der Waals surface area contributed by atoms with Crippen molar-refractivity contribution in [2.45, 2.75) is 26.3 Å². The van der Waals surface area contributed by atoms with Crippen molar-refractivity contribution in [3.05, 3.63) is 29.8 Å². The number of para-hydroxylation sites is 1. The summed E-state index contributed by atoms with van der Waals surface area (Å²) in [6, 6.07) is 8.13. The summed E-state index contributed by atoms with van der Waals surface area (Å²) in [6.45, 7) is 4.17. The third-order valence-corrected chi connectivity index (χ3v) is 2.22. The van der Waals surface area contributed by atoms with E-state index in [1.807, 2.05) is 18.2 Å². The van der Waals surface area contributed by atoms with E-state index in [1.54, 1.807) is 7.11 Å². The molecule has 0 aromatic heterocycles. The third-order valence-electron chi connectivity index (χ3n) is 2.22. The Hall–Kier alpha value is -0.730. The summed E-state index contributed by atoms with van der Waals surface area (Å²) in [4.78, 5) is 0. The minimum Gasteiger partial charge on any atom is -0.496 e. The van der Waals surface area contributed by atoms with Crippen molar-refractivity contribution in [3.8, 4) is 5.75 Å².